The van der Waals surface area contributed by atoms with Crippen molar-refractivity contribution < 1.29 is 4.79 Å². The molecule has 1 amide bonds. The molecule has 1 heterocycles. The molecule has 0 fully saturated rings. The van der Waals surface area contributed by atoms with E-state index in [0.29, 0.717) is 13.0 Å². The van der Waals surface area contributed by atoms with Crippen LogP contribution in [0.1, 0.15) is 34.6 Å². The molecule has 4 aromatic carbocycles. The summed E-state index contributed by atoms with van der Waals surface area (Å²) in [5.74, 6) is 0.0712. The Morgan fingerprint density at radius 1 is 0.778 bits per heavy atom. The number of rotatable bonds is 8. The molecule has 0 unspecified atom stereocenters. The molecule has 5 rings (SSSR count). The van der Waals surface area contributed by atoms with Gasteiger partial charge in [0.1, 0.15) is 5.01 Å². The minimum atomic E-state index is 0.0300. The van der Waals surface area contributed by atoms with Crippen molar-refractivity contribution in [3.05, 3.63) is 137 Å². The van der Waals surface area contributed by atoms with Gasteiger partial charge in [0.05, 0.1) is 5.69 Å². The monoisotopic (exact) mass is 488 g/mol. The minimum absolute atomic E-state index is 0.0300. The maximum Gasteiger partial charge on any atom is 0.221 e. The number of nitrogens with one attached hydrogen (secondary N) is 1. The third-order valence-electron chi connectivity index (χ3n) is 6.34. The van der Waals surface area contributed by atoms with Gasteiger partial charge >= 0.3 is 0 Å². The van der Waals surface area contributed by atoms with Crippen LogP contribution in [0.3, 0.4) is 0 Å². The maximum atomic E-state index is 12.9. The number of thiazole rings is 1. The largest absolute Gasteiger partial charge is 0.352 e. The summed E-state index contributed by atoms with van der Waals surface area (Å²) in [4.78, 5) is 17.7. The molecule has 5 aromatic rings. The third-order valence-corrected chi connectivity index (χ3v) is 7.23. The second-order valence-corrected chi connectivity index (χ2v) is 9.81. The molecule has 4 heteroatoms. The first-order valence-electron chi connectivity index (χ1n) is 12.1. The fourth-order valence-electron chi connectivity index (χ4n) is 4.29. The van der Waals surface area contributed by atoms with E-state index < -0.39 is 0 Å². The van der Waals surface area contributed by atoms with Gasteiger partial charge < -0.3 is 5.32 Å². The number of hydrogen-bond acceptors (Lipinski definition) is 3. The SMILES string of the molecule is Cc1ccc(-c2csc(-c3ccc(CNC(=O)CC(c4ccccc4)c4ccccc4)cc3)n2)cc1. The van der Waals surface area contributed by atoms with Crippen molar-refractivity contribution >= 4 is 17.2 Å². The van der Waals surface area contributed by atoms with Crippen LogP contribution in [-0.4, -0.2) is 10.9 Å². The van der Waals surface area contributed by atoms with Crippen LogP contribution in [0.15, 0.2) is 115 Å². The Bertz CT molecular complexity index is 1370. The number of benzene rings is 4. The number of carbonyl (C=O) groups is 1. The zero-order chi connectivity index (χ0) is 24.7. The maximum absolute atomic E-state index is 12.9. The van der Waals surface area contributed by atoms with Crippen LogP contribution in [0.5, 0.6) is 0 Å². The molecule has 0 atom stereocenters. The fourth-order valence-corrected chi connectivity index (χ4v) is 5.12. The lowest BCUT2D eigenvalue weighted by Gasteiger charge is -2.18. The quantitative estimate of drug-likeness (QED) is 0.244. The Morgan fingerprint density at radius 3 is 1.97 bits per heavy atom. The first-order chi connectivity index (χ1) is 17.7. The van der Waals surface area contributed by atoms with Gasteiger partial charge in [-0.25, -0.2) is 4.98 Å². The van der Waals surface area contributed by atoms with Gasteiger partial charge in [-0.05, 0) is 23.6 Å². The van der Waals surface area contributed by atoms with Gasteiger partial charge in [0.15, 0.2) is 0 Å². The lowest BCUT2D eigenvalue weighted by Crippen LogP contribution is -2.25. The predicted octanol–water partition coefficient (Wildman–Crippen LogP) is 7.62. The molecule has 0 aliphatic carbocycles. The lowest BCUT2D eigenvalue weighted by molar-refractivity contribution is -0.121. The predicted molar refractivity (Wildman–Crippen MR) is 149 cm³/mol. The van der Waals surface area contributed by atoms with Crippen LogP contribution in [0.25, 0.3) is 21.8 Å². The van der Waals surface area contributed by atoms with Gasteiger partial charge in [0.25, 0.3) is 0 Å². The van der Waals surface area contributed by atoms with Crippen molar-refractivity contribution in [2.24, 2.45) is 0 Å². The molecule has 0 bridgehead atoms. The normalized spacial score (nSPS) is 10.9. The first-order valence-corrected chi connectivity index (χ1v) is 13.0. The van der Waals surface area contributed by atoms with E-state index in [9.17, 15) is 4.79 Å². The van der Waals surface area contributed by atoms with E-state index in [1.54, 1.807) is 11.3 Å². The van der Waals surface area contributed by atoms with E-state index in [1.807, 2.05) is 36.4 Å². The highest BCUT2D eigenvalue weighted by Crippen LogP contribution is 2.30. The molecule has 0 aliphatic heterocycles. The fraction of sp³-hybridized carbons (Fsp3) is 0.125. The topological polar surface area (TPSA) is 42.0 Å². The summed E-state index contributed by atoms with van der Waals surface area (Å²) >= 11 is 1.65. The summed E-state index contributed by atoms with van der Waals surface area (Å²) in [6.45, 7) is 2.59. The molecule has 178 valence electrons. The molecule has 1 aromatic heterocycles. The number of hydrogen-bond donors (Lipinski definition) is 1. The summed E-state index contributed by atoms with van der Waals surface area (Å²) in [7, 11) is 0. The third kappa shape index (κ3) is 5.78. The van der Waals surface area contributed by atoms with Gasteiger partial charge in [-0.2, -0.15) is 0 Å². The zero-order valence-electron chi connectivity index (χ0n) is 20.2. The van der Waals surface area contributed by atoms with Crippen molar-refractivity contribution in [1.82, 2.24) is 10.3 Å². The Balaban J connectivity index is 1.22. The molecule has 0 radical (unpaired) electrons. The van der Waals surface area contributed by atoms with Gasteiger partial charge in [-0.15, -0.1) is 11.3 Å². The number of aryl methyl sites for hydroxylation is 1. The average molecular weight is 489 g/mol. The van der Waals surface area contributed by atoms with Crippen LogP contribution in [-0.2, 0) is 11.3 Å². The van der Waals surface area contributed by atoms with Crippen LogP contribution >= 0.6 is 11.3 Å². The van der Waals surface area contributed by atoms with Crippen molar-refractivity contribution in [2.45, 2.75) is 25.8 Å². The Labute approximate surface area is 216 Å². The number of aromatic nitrogens is 1. The van der Waals surface area contributed by atoms with Crippen LogP contribution in [0.2, 0.25) is 0 Å². The van der Waals surface area contributed by atoms with Gasteiger partial charge in [-0.1, -0.05) is 115 Å². The average Bonchev–Trinajstić information content (AvgIpc) is 3.43. The molecule has 0 aliphatic rings. The minimum Gasteiger partial charge on any atom is -0.352 e. The molecular formula is C32H28N2OS. The highest BCUT2D eigenvalue weighted by molar-refractivity contribution is 7.13. The molecule has 0 saturated carbocycles. The summed E-state index contributed by atoms with van der Waals surface area (Å²) in [6.07, 6.45) is 0.410. The van der Waals surface area contributed by atoms with E-state index in [4.69, 9.17) is 4.98 Å². The van der Waals surface area contributed by atoms with E-state index in [0.717, 1.165) is 38.5 Å². The molecule has 0 saturated heterocycles. The number of carbonyl (C=O) groups excluding carboxylic acids is 1. The number of amides is 1. The standard InChI is InChI=1S/C32H28N2OS/c1-23-12-16-27(17-13-23)30-22-36-32(34-30)28-18-14-24(15-19-28)21-33-31(35)20-29(25-8-4-2-5-9-25)26-10-6-3-7-11-26/h2-19,22,29H,20-21H2,1H3,(H,33,35). The number of nitrogens with zero attached hydrogens (tertiary/aromatic N) is 1. The van der Waals surface area contributed by atoms with E-state index in [-0.39, 0.29) is 11.8 Å². The van der Waals surface area contributed by atoms with E-state index >= 15 is 0 Å². The van der Waals surface area contributed by atoms with Crippen molar-refractivity contribution in [2.75, 3.05) is 0 Å². The highest BCUT2D eigenvalue weighted by atomic mass is 32.1. The van der Waals surface area contributed by atoms with Crippen LogP contribution in [0.4, 0.5) is 0 Å². The smallest absolute Gasteiger partial charge is 0.221 e. The molecule has 36 heavy (non-hydrogen) atoms. The Morgan fingerprint density at radius 2 is 1.36 bits per heavy atom. The second kappa shape index (κ2) is 11.1. The van der Waals surface area contributed by atoms with Crippen molar-refractivity contribution in [1.29, 1.82) is 0 Å². The van der Waals surface area contributed by atoms with Gasteiger partial charge in [0, 0.05) is 35.4 Å². The Kier molecular flexibility index (Phi) is 7.34. The molecular weight excluding hydrogens is 460 g/mol. The zero-order valence-corrected chi connectivity index (χ0v) is 21.0. The lowest BCUT2D eigenvalue weighted by atomic mass is 9.88. The summed E-state index contributed by atoms with van der Waals surface area (Å²) in [6, 6.07) is 37.2. The highest BCUT2D eigenvalue weighted by Gasteiger charge is 2.18. The Hall–Kier alpha value is -4.02. The molecule has 1 N–H and O–H groups in total. The summed E-state index contributed by atoms with van der Waals surface area (Å²) < 4.78 is 0. The van der Waals surface area contributed by atoms with Crippen molar-refractivity contribution in [3.8, 4) is 21.8 Å². The van der Waals surface area contributed by atoms with E-state index in [1.165, 1.54) is 5.56 Å². The van der Waals surface area contributed by atoms with Crippen molar-refractivity contribution in [3.63, 3.8) is 0 Å². The van der Waals surface area contributed by atoms with Gasteiger partial charge in [0.2, 0.25) is 5.91 Å². The van der Waals surface area contributed by atoms with Gasteiger partial charge in [-0.3, -0.25) is 4.79 Å². The summed E-state index contributed by atoms with van der Waals surface area (Å²) in [5, 5.41) is 6.20. The summed E-state index contributed by atoms with van der Waals surface area (Å²) in [5.41, 5.74) is 7.82. The van der Waals surface area contributed by atoms with Crippen LogP contribution in [0, 0.1) is 6.92 Å². The molecule has 0 spiro atoms. The molecule has 3 nitrogen and oxygen atoms in total. The van der Waals surface area contributed by atoms with Crippen LogP contribution < -0.4 is 5.32 Å². The second-order valence-electron chi connectivity index (χ2n) is 8.96. The first kappa shape index (κ1) is 23.7. The van der Waals surface area contributed by atoms with E-state index in [2.05, 4.69) is 90.4 Å².